The number of hydrogen-bond acceptors (Lipinski definition) is 2. The molecule has 4 heteroatoms. The average Bonchev–Trinajstić information content (AvgIpc) is 2.23. The first-order valence-corrected chi connectivity index (χ1v) is 4.80. The van der Waals surface area contributed by atoms with Gasteiger partial charge in [-0.2, -0.15) is 0 Å². The molecule has 0 aliphatic carbocycles. The minimum atomic E-state index is -0.511. The van der Waals surface area contributed by atoms with Crippen molar-refractivity contribution in [3.63, 3.8) is 0 Å². The fourth-order valence-electron chi connectivity index (χ4n) is 1.26. The van der Waals surface area contributed by atoms with E-state index in [0.717, 1.165) is 0 Å². The molecule has 2 nitrogen and oxygen atoms in total. The Morgan fingerprint density at radius 2 is 2.07 bits per heavy atom. The SMILES string of the molecule is COCCNCc1c(F)ccc(C)c1F. The molecule has 0 heterocycles. The standard InChI is InChI=1S/C11H15F2NO/c1-8-3-4-10(12)9(11(8)13)7-14-5-6-15-2/h3-4,14H,5-7H2,1-2H3. The fourth-order valence-corrected chi connectivity index (χ4v) is 1.26. The second kappa shape index (κ2) is 5.78. The number of nitrogens with one attached hydrogen (secondary N) is 1. The number of halogens is 2. The lowest BCUT2D eigenvalue weighted by molar-refractivity contribution is 0.199. The summed E-state index contributed by atoms with van der Waals surface area (Å²) in [6.45, 7) is 2.90. The summed E-state index contributed by atoms with van der Waals surface area (Å²) < 4.78 is 31.5. The van der Waals surface area contributed by atoms with Crippen LogP contribution in [-0.4, -0.2) is 20.3 Å². The minimum Gasteiger partial charge on any atom is -0.383 e. The van der Waals surface area contributed by atoms with Crippen molar-refractivity contribution >= 4 is 0 Å². The Labute approximate surface area is 88.3 Å². The largest absolute Gasteiger partial charge is 0.383 e. The molecule has 0 saturated carbocycles. The zero-order chi connectivity index (χ0) is 11.3. The maximum Gasteiger partial charge on any atom is 0.133 e. The first-order chi connectivity index (χ1) is 7.16. The number of ether oxygens (including phenoxy) is 1. The zero-order valence-electron chi connectivity index (χ0n) is 8.94. The quantitative estimate of drug-likeness (QED) is 0.759. The molecule has 15 heavy (non-hydrogen) atoms. The maximum absolute atomic E-state index is 13.5. The van der Waals surface area contributed by atoms with Crippen LogP contribution in [0.4, 0.5) is 8.78 Å². The van der Waals surface area contributed by atoms with Crippen LogP contribution in [0.1, 0.15) is 11.1 Å². The first-order valence-electron chi connectivity index (χ1n) is 4.80. The highest BCUT2D eigenvalue weighted by atomic mass is 19.1. The molecule has 0 unspecified atom stereocenters. The summed E-state index contributed by atoms with van der Waals surface area (Å²) in [5.41, 5.74) is 0.547. The third-order valence-corrected chi connectivity index (χ3v) is 2.16. The van der Waals surface area contributed by atoms with Gasteiger partial charge in [0.2, 0.25) is 0 Å². The van der Waals surface area contributed by atoms with Crippen molar-refractivity contribution in [3.05, 3.63) is 34.9 Å². The van der Waals surface area contributed by atoms with E-state index in [1.54, 1.807) is 14.0 Å². The summed E-state index contributed by atoms with van der Waals surface area (Å²) in [6, 6.07) is 2.72. The Kier molecular flexibility index (Phi) is 4.65. The smallest absolute Gasteiger partial charge is 0.133 e. The van der Waals surface area contributed by atoms with Crippen molar-refractivity contribution < 1.29 is 13.5 Å². The third kappa shape index (κ3) is 3.25. The molecular formula is C11H15F2NO. The van der Waals surface area contributed by atoms with Gasteiger partial charge in [-0.1, -0.05) is 6.07 Å². The summed E-state index contributed by atoms with van der Waals surface area (Å²) >= 11 is 0. The van der Waals surface area contributed by atoms with E-state index in [9.17, 15) is 8.78 Å². The predicted molar refractivity (Wildman–Crippen MR) is 54.7 cm³/mol. The van der Waals surface area contributed by atoms with Crippen molar-refractivity contribution in [2.24, 2.45) is 0 Å². The second-order valence-electron chi connectivity index (χ2n) is 3.33. The van der Waals surface area contributed by atoms with Gasteiger partial charge in [0.05, 0.1) is 6.61 Å². The van der Waals surface area contributed by atoms with Gasteiger partial charge in [0.1, 0.15) is 11.6 Å². The number of benzene rings is 1. The normalized spacial score (nSPS) is 10.7. The van der Waals surface area contributed by atoms with Crippen molar-refractivity contribution in [2.45, 2.75) is 13.5 Å². The third-order valence-electron chi connectivity index (χ3n) is 2.16. The Morgan fingerprint density at radius 3 is 2.73 bits per heavy atom. The molecule has 0 aliphatic rings. The van der Waals surface area contributed by atoms with Crippen molar-refractivity contribution in [1.29, 1.82) is 0 Å². The lowest BCUT2D eigenvalue weighted by Gasteiger charge is -2.08. The van der Waals surface area contributed by atoms with E-state index in [-0.39, 0.29) is 12.1 Å². The van der Waals surface area contributed by atoms with Crippen LogP contribution in [-0.2, 0) is 11.3 Å². The maximum atomic E-state index is 13.5. The topological polar surface area (TPSA) is 21.3 Å². The molecule has 0 fully saturated rings. The summed E-state index contributed by atoms with van der Waals surface area (Å²) in [5, 5.41) is 2.91. The molecule has 1 aromatic carbocycles. The summed E-state index contributed by atoms with van der Waals surface area (Å²) in [7, 11) is 1.58. The Bertz CT molecular complexity index is 329. The van der Waals surface area contributed by atoms with E-state index in [0.29, 0.717) is 18.7 Å². The molecule has 1 rings (SSSR count). The average molecular weight is 215 g/mol. The zero-order valence-corrected chi connectivity index (χ0v) is 8.94. The lowest BCUT2D eigenvalue weighted by atomic mass is 10.1. The van der Waals surface area contributed by atoms with Crippen molar-refractivity contribution in [2.75, 3.05) is 20.3 Å². The molecule has 0 amide bonds. The molecule has 1 aromatic rings. The van der Waals surface area contributed by atoms with Crippen LogP contribution in [0.15, 0.2) is 12.1 Å². The van der Waals surface area contributed by atoms with Crippen LogP contribution >= 0.6 is 0 Å². The molecule has 0 bridgehead atoms. The van der Waals surface area contributed by atoms with Gasteiger partial charge in [0.15, 0.2) is 0 Å². The molecule has 0 aromatic heterocycles. The fraction of sp³-hybridized carbons (Fsp3) is 0.455. The first kappa shape index (κ1) is 12.1. The number of aryl methyl sites for hydroxylation is 1. The van der Waals surface area contributed by atoms with Crippen LogP contribution in [0, 0.1) is 18.6 Å². The van der Waals surface area contributed by atoms with Gasteiger partial charge in [-0.05, 0) is 18.6 Å². The highest BCUT2D eigenvalue weighted by Crippen LogP contribution is 2.15. The van der Waals surface area contributed by atoms with E-state index in [4.69, 9.17) is 4.74 Å². The summed E-state index contributed by atoms with van der Waals surface area (Å²) in [4.78, 5) is 0. The van der Waals surface area contributed by atoms with E-state index < -0.39 is 11.6 Å². The molecule has 0 atom stereocenters. The summed E-state index contributed by atoms with van der Waals surface area (Å²) in [5.74, 6) is -0.983. The second-order valence-corrected chi connectivity index (χ2v) is 3.33. The van der Waals surface area contributed by atoms with Gasteiger partial charge in [-0.25, -0.2) is 8.78 Å². The molecule has 0 saturated heterocycles. The van der Waals surface area contributed by atoms with Crippen LogP contribution in [0.3, 0.4) is 0 Å². The molecule has 84 valence electrons. The summed E-state index contributed by atoms with van der Waals surface area (Å²) in [6.07, 6.45) is 0. The number of hydrogen-bond donors (Lipinski definition) is 1. The van der Waals surface area contributed by atoms with Crippen LogP contribution in [0.5, 0.6) is 0 Å². The van der Waals surface area contributed by atoms with Crippen LogP contribution < -0.4 is 5.32 Å². The lowest BCUT2D eigenvalue weighted by Crippen LogP contribution is -2.20. The predicted octanol–water partition coefficient (Wildman–Crippen LogP) is 2.01. The van der Waals surface area contributed by atoms with Gasteiger partial charge in [0.25, 0.3) is 0 Å². The van der Waals surface area contributed by atoms with Crippen molar-refractivity contribution in [1.82, 2.24) is 5.32 Å². The number of methoxy groups -OCH3 is 1. The van der Waals surface area contributed by atoms with Crippen LogP contribution in [0.2, 0.25) is 0 Å². The van der Waals surface area contributed by atoms with Gasteiger partial charge in [-0.15, -0.1) is 0 Å². The minimum absolute atomic E-state index is 0.0890. The molecular weight excluding hydrogens is 200 g/mol. The van der Waals surface area contributed by atoms with E-state index in [2.05, 4.69) is 5.32 Å². The van der Waals surface area contributed by atoms with E-state index in [1.807, 2.05) is 0 Å². The van der Waals surface area contributed by atoms with E-state index in [1.165, 1.54) is 12.1 Å². The van der Waals surface area contributed by atoms with Crippen molar-refractivity contribution in [3.8, 4) is 0 Å². The Hall–Kier alpha value is -1.00. The molecule has 0 spiro atoms. The van der Waals surface area contributed by atoms with Crippen LogP contribution in [0.25, 0.3) is 0 Å². The Morgan fingerprint density at radius 1 is 1.33 bits per heavy atom. The van der Waals surface area contributed by atoms with Gasteiger partial charge >= 0.3 is 0 Å². The molecule has 0 aliphatic heterocycles. The molecule has 1 N–H and O–H groups in total. The highest BCUT2D eigenvalue weighted by molar-refractivity contribution is 5.26. The number of rotatable bonds is 5. The highest BCUT2D eigenvalue weighted by Gasteiger charge is 2.10. The van der Waals surface area contributed by atoms with E-state index >= 15 is 0 Å². The van der Waals surface area contributed by atoms with Gasteiger partial charge in [0, 0.05) is 25.8 Å². The molecule has 0 radical (unpaired) electrons. The van der Waals surface area contributed by atoms with Gasteiger partial charge in [-0.3, -0.25) is 0 Å². The van der Waals surface area contributed by atoms with Gasteiger partial charge < -0.3 is 10.1 Å². The Balaban J connectivity index is 2.63. The monoisotopic (exact) mass is 215 g/mol.